The molecule has 146 valence electrons. The Bertz CT molecular complexity index is 670. The quantitative estimate of drug-likeness (QED) is 0.541. The Morgan fingerprint density at radius 3 is 2.33 bits per heavy atom. The first-order valence-electron chi connectivity index (χ1n) is 9.72. The molecular weight excluding hydrogens is 338 g/mol. The Morgan fingerprint density at radius 1 is 1.04 bits per heavy atom. The minimum absolute atomic E-state index is 0.134. The van der Waals surface area contributed by atoms with E-state index in [4.69, 9.17) is 9.47 Å². The molecule has 0 radical (unpaired) electrons. The van der Waals surface area contributed by atoms with Gasteiger partial charge in [-0.15, -0.1) is 0 Å². The standard InChI is InChI=1S/C23H31NO3/c1-4-20(21-9-7-6-8-10-21)18-24(16-15-23(25)27-5-2)17-19-11-13-22(26-3)14-12-19/h6-14,20H,4-5,15-18H2,1-3H3. The summed E-state index contributed by atoms with van der Waals surface area (Å²) in [7, 11) is 1.67. The first-order chi connectivity index (χ1) is 13.2. The van der Waals surface area contributed by atoms with Crippen LogP contribution in [-0.2, 0) is 16.1 Å². The number of ether oxygens (including phenoxy) is 2. The largest absolute Gasteiger partial charge is 0.497 e. The first kappa shape index (κ1) is 21.0. The van der Waals surface area contributed by atoms with E-state index in [9.17, 15) is 4.79 Å². The second kappa shape index (κ2) is 11.4. The SMILES string of the molecule is CCOC(=O)CCN(Cc1ccc(OC)cc1)CC(CC)c1ccccc1. The molecule has 0 saturated heterocycles. The molecule has 0 heterocycles. The predicted octanol–water partition coefficient (Wildman–Crippen LogP) is 4.64. The van der Waals surface area contributed by atoms with Crippen LogP contribution in [0.5, 0.6) is 5.75 Å². The molecule has 0 spiro atoms. The molecule has 4 nitrogen and oxygen atoms in total. The van der Waals surface area contributed by atoms with Gasteiger partial charge >= 0.3 is 5.97 Å². The molecule has 0 amide bonds. The van der Waals surface area contributed by atoms with Gasteiger partial charge in [-0.05, 0) is 42.5 Å². The molecule has 27 heavy (non-hydrogen) atoms. The van der Waals surface area contributed by atoms with E-state index in [2.05, 4.69) is 48.2 Å². The van der Waals surface area contributed by atoms with E-state index in [0.29, 0.717) is 25.5 Å². The molecule has 0 aliphatic carbocycles. The second-order valence-corrected chi connectivity index (χ2v) is 6.65. The fourth-order valence-corrected chi connectivity index (χ4v) is 3.21. The maximum Gasteiger partial charge on any atom is 0.307 e. The van der Waals surface area contributed by atoms with Crippen LogP contribution in [0.25, 0.3) is 0 Å². The average Bonchev–Trinajstić information content (AvgIpc) is 2.71. The molecule has 0 N–H and O–H groups in total. The molecule has 0 bridgehead atoms. The number of carbonyl (C=O) groups is 1. The minimum Gasteiger partial charge on any atom is -0.497 e. The molecule has 0 aliphatic rings. The van der Waals surface area contributed by atoms with Gasteiger partial charge in [0, 0.05) is 19.6 Å². The van der Waals surface area contributed by atoms with Gasteiger partial charge in [-0.25, -0.2) is 0 Å². The molecular formula is C23H31NO3. The summed E-state index contributed by atoms with van der Waals surface area (Å²) in [5.74, 6) is 1.16. The third kappa shape index (κ3) is 7.06. The number of methoxy groups -OCH3 is 1. The molecule has 1 atom stereocenters. The first-order valence-corrected chi connectivity index (χ1v) is 9.72. The minimum atomic E-state index is -0.134. The molecule has 2 aromatic rings. The Balaban J connectivity index is 2.08. The molecule has 0 fully saturated rings. The van der Waals surface area contributed by atoms with Crippen LogP contribution in [0.1, 0.15) is 43.7 Å². The summed E-state index contributed by atoms with van der Waals surface area (Å²) < 4.78 is 10.4. The number of carbonyl (C=O) groups excluding carboxylic acids is 1. The van der Waals surface area contributed by atoms with Crippen molar-refractivity contribution >= 4 is 5.97 Å². The Morgan fingerprint density at radius 2 is 1.74 bits per heavy atom. The lowest BCUT2D eigenvalue weighted by atomic mass is 9.95. The van der Waals surface area contributed by atoms with Gasteiger partial charge in [-0.1, -0.05) is 49.4 Å². The lowest BCUT2D eigenvalue weighted by Gasteiger charge is -2.27. The highest BCUT2D eigenvalue weighted by Gasteiger charge is 2.16. The zero-order valence-corrected chi connectivity index (χ0v) is 16.7. The zero-order valence-electron chi connectivity index (χ0n) is 16.7. The van der Waals surface area contributed by atoms with Crippen LogP contribution in [0.3, 0.4) is 0 Å². The van der Waals surface area contributed by atoms with Gasteiger partial charge in [0.15, 0.2) is 0 Å². The van der Waals surface area contributed by atoms with Crippen molar-refractivity contribution in [1.29, 1.82) is 0 Å². The van der Waals surface area contributed by atoms with E-state index in [1.54, 1.807) is 7.11 Å². The molecule has 2 rings (SSSR count). The second-order valence-electron chi connectivity index (χ2n) is 6.65. The normalized spacial score (nSPS) is 12.0. The molecule has 0 aliphatic heterocycles. The summed E-state index contributed by atoms with van der Waals surface area (Å²) in [4.78, 5) is 14.2. The maximum atomic E-state index is 11.8. The van der Waals surface area contributed by atoms with Gasteiger partial charge in [0.05, 0.1) is 20.1 Å². The number of esters is 1. The summed E-state index contributed by atoms with van der Waals surface area (Å²) in [5, 5.41) is 0. The highest BCUT2D eigenvalue weighted by molar-refractivity contribution is 5.69. The van der Waals surface area contributed by atoms with E-state index in [-0.39, 0.29) is 5.97 Å². The van der Waals surface area contributed by atoms with Crippen molar-refractivity contribution in [3.8, 4) is 5.75 Å². The zero-order chi connectivity index (χ0) is 19.5. The summed E-state index contributed by atoms with van der Waals surface area (Å²) in [6.07, 6.45) is 1.47. The number of hydrogen-bond donors (Lipinski definition) is 0. The van der Waals surface area contributed by atoms with Crippen molar-refractivity contribution in [2.45, 2.75) is 39.2 Å². The van der Waals surface area contributed by atoms with Gasteiger partial charge in [0.25, 0.3) is 0 Å². The fourth-order valence-electron chi connectivity index (χ4n) is 3.21. The smallest absolute Gasteiger partial charge is 0.307 e. The van der Waals surface area contributed by atoms with Crippen LogP contribution in [0, 0.1) is 0 Å². The van der Waals surface area contributed by atoms with E-state index < -0.39 is 0 Å². The van der Waals surface area contributed by atoms with Crippen LogP contribution < -0.4 is 4.74 Å². The Labute approximate surface area is 163 Å². The third-order valence-corrected chi connectivity index (χ3v) is 4.75. The number of nitrogens with zero attached hydrogens (tertiary/aromatic N) is 1. The summed E-state index contributed by atoms with van der Waals surface area (Å²) in [5.41, 5.74) is 2.55. The van der Waals surface area contributed by atoms with Gasteiger partial charge in [-0.3, -0.25) is 9.69 Å². The Kier molecular flexibility index (Phi) is 8.85. The van der Waals surface area contributed by atoms with Crippen LogP contribution in [-0.4, -0.2) is 37.7 Å². The Hall–Kier alpha value is -2.33. The van der Waals surface area contributed by atoms with Crippen LogP contribution in [0.15, 0.2) is 54.6 Å². The van der Waals surface area contributed by atoms with E-state index in [1.807, 2.05) is 25.1 Å². The molecule has 4 heteroatoms. The van der Waals surface area contributed by atoms with Gasteiger partial charge < -0.3 is 9.47 Å². The van der Waals surface area contributed by atoms with Crippen LogP contribution >= 0.6 is 0 Å². The monoisotopic (exact) mass is 369 g/mol. The van der Waals surface area contributed by atoms with Crippen molar-refractivity contribution in [1.82, 2.24) is 4.90 Å². The van der Waals surface area contributed by atoms with Crippen LogP contribution in [0.2, 0.25) is 0 Å². The molecule has 1 unspecified atom stereocenters. The number of benzene rings is 2. The highest BCUT2D eigenvalue weighted by atomic mass is 16.5. The van der Waals surface area contributed by atoms with Crippen molar-refractivity contribution in [3.63, 3.8) is 0 Å². The topological polar surface area (TPSA) is 38.8 Å². The van der Waals surface area contributed by atoms with Gasteiger partial charge in [-0.2, -0.15) is 0 Å². The lowest BCUT2D eigenvalue weighted by molar-refractivity contribution is -0.143. The maximum absolute atomic E-state index is 11.8. The highest BCUT2D eigenvalue weighted by Crippen LogP contribution is 2.22. The van der Waals surface area contributed by atoms with E-state index in [0.717, 1.165) is 25.3 Å². The van der Waals surface area contributed by atoms with Crippen molar-refractivity contribution in [2.24, 2.45) is 0 Å². The summed E-state index contributed by atoms with van der Waals surface area (Å²) in [6.45, 7) is 6.88. The number of hydrogen-bond acceptors (Lipinski definition) is 4. The molecule has 0 saturated carbocycles. The lowest BCUT2D eigenvalue weighted by Crippen LogP contribution is -2.30. The average molecular weight is 370 g/mol. The van der Waals surface area contributed by atoms with E-state index >= 15 is 0 Å². The summed E-state index contributed by atoms with van der Waals surface area (Å²) in [6, 6.07) is 18.7. The van der Waals surface area contributed by atoms with E-state index in [1.165, 1.54) is 11.1 Å². The predicted molar refractivity (Wildman–Crippen MR) is 109 cm³/mol. The number of rotatable bonds is 11. The van der Waals surface area contributed by atoms with Crippen molar-refractivity contribution in [2.75, 3.05) is 26.8 Å². The third-order valence-electron chi connectivity index (χ3n) is 4.75. The van der Waals surface area contributed by atoms with Crippen LogP contribution in [0.4, 0.5) is 0 Å². The summed E-state index contributed by atoms with van der Waals surface area (Å²) >= 11 is 0. The molecule has 0 aromatic heterocycles. The fraction of sp³-hybridized carbons (Fsp3) is 0.435. The molecule has 2 aromatic carbocycles. The van der Waals surface area contributed by atoms with Gasteiger partial charge in [0.1, 0.15) is 5.75 Å². The van der Waals surface area contributed by atoms with Gasteiger partial charge in [0.2, 0.25) is 0 Å². The van der Waals surface area contributed by atoms with Crippen molar-refractivity contribution < 1.29 is 14.3 Å². The van der Waals surface area contributed by atoms with Crippen molar-refractivity contribution in [3.05, 3.63) is 65.7 Å².